The molecule has 0 spiro atoms. The van der Waals surface area contributed by atoms with Gasteiger partial charge >= 0.3 is 0 Å². The molecular formula is C14H19N3O2. The van der Waals surface area contributed by atoms with Gasteiger partial charge < -0.3 is 15.5 Å². The third kappa shape index (κ3) is 2.93. The average molecular weight is 261 g/mol. The molecule has 0 atom stereocenters. The summed E-state index contributed by atoms with van der Waals surface area (Å²) in [4.78, 5) is 16.1. The van der Waals surface area contributed by atoms with Crippen molar-refractivity contribution < 1.29 is 9.21 Å². The molecule has 1 amide bonds. The Kier molecular flexibility index (Phi) is 3.57. The second-order valence-electron chi connectivity index (χ2n) is 5.31. The topological polar surface area (TPSA) is 81.2 Å². The summed E-state index contributed by atoms with van der Waals surface area (Å²) in [5, 5.41) is 2.88. The molecule has 19 heavy (non-hydrogen) atoms. The first-order valence-electron chi connectivity index (χ1n) is 6.27. The maximum absolute atomic E-state index is 11.9. The Bertz CT molecular complexity index is 602. The van der Waals surface area contributed by atoms with Gasteiger partial charge in [0, 0.05) is 20.0 Å². The Labute approximate surface area is 112 Å². The van der Waals surface area contributed by atoms with Crippen LogP contribution in [-0.4, -0.2) is 17.4 Å². The molecule has 0 saturated carbocycles. The third-order valence-corrected chi connectivity index (χ3v) is 3.14. The number of carbonyl (C=O) groups excluding carboxylic acids is 1. The summed E-state index contributed by atoms with van der Waals surface area (Å²) < 4.78 is 5.46. The quantitative estimate of drug-likeness (QED) is 0.878. The van der Waals surface area contributed by atoms with E-state index in [4.69, 9.17) is 10.2 Å². The maximum Gasteiger partial charge on any atom is 0.227 e. The summed E-state index contributed by atoms with van der Waals surface area (Å²) in [6, 6.07) is 5.71. The molecule has 102 valence electrons. The number of hydrogen-bond acceptors (Lipinski definition) is 4. The largest absolute Gasteiger partial charge is 0.441 e. The van der Waals surface area contributed by atoms with Crippen molar-refractivity contribution in [2.75, 3.05) is 6.54 Å². The van der Waals surface area contributed by atoms with Crippen LogP contribution in [0.15, 0.2) is 22.6 Å². The predicted molar refractivity (Wildman–Crippen MR) is 73.4 cm³/mol. The average Bonchev–Trinajstić information content (AvgIpc) is 2.74. The molecule has 5 nitrogen and oxygen atoms in total. The lowest BCUT2D eigenvalue weighted by atomic mass is 9.92. The Morgan fingerprint density at radius 2 is 2.21 bits per heavy atom. The van der Waals surface area contributed by atoms with Gasteiger partial charge in [-0.15, -0.1) is 0 Å². The van der Waals surface area contributed by atoms with Gasteiger partial charge in [-0.25, -0.2) is 4.98 Å². The van der Waals surface area contributed by atoms with Crippen LogP contribution in [0.4, 0.5) is 0 Å². The molecule has 1 aromatic heterocycles. The van der Waals surface area contributed by atoms with E-state index < -0.39 is 5.41 Å². The van der Waals surface area contributed by atoms with Gasteiger partial charge in [0.15, 0.2) is 11.5 Å². The number of amides is 1. The highest BCUT2D eigenvalue weighted by Gasteiger charge is 2.25. The van der Waals surface area contributed by atoms with Crippen LogP contribution in [0.5, 0.6) is 0 Å². The number of nitrogens with one attached hydrogen (secondary N) is 1. The van der Waals surface area contributed by atoms with Crippen LogP contribution in [0.3, 0.4) is 0 Å². The van der Waals surface area contributed by atoms with E-state index in [2.05, 4.69) is 10.3 Å². The highest BCUT2D eigenvalue weighted by Crippen LogP contribution is 2.17. The van der Waals surface area contributed by atoms with Gasteiger partial charge in [-0.1, -0.05) is 6.07 Å². The van der Waals surface area contributed by atoms with Gasteiger partial charge in [0.2, 0.25) is 5.91 Å². The van der Waals surface area contributed by atoms with Crippen LogP contribution in [0, 0.1) is 12.3 Å². The van der Waals surface area contributed by atoms with Gasteiger partial charge in [0.25, 0.3) is 0 Å². The predicted octanol–water partition coefficient (Wildman–Crippen LogP) is 1.74. The molecule has 0 unspecified atom stereocenters. The summed E-state index contributed by atoms with van der Waals surface area (Å²) in [6.45, 7) is 6.24. The number of nitrogens with two attached hydrogens (primary N) is 1. The van der Waals surface area contributed by atoms with Gasteiger partial charge in [-0.05, 0) is 31.5 Å². The lowest BCUT2D eigenvalue weighted by Crippen LogP contribution is -2.41. The van der Waals surface area contributed by atoms with Crippen molar-refractivity contribution >= 4 is 17.0 Å². The van der Waals surface area contributed by atoms with Crippen molar-refractivity contribution in [3.05, 3.63) is 29.7 Å². The minimum absolute atomic E-state index is 0.0520. The molecule has 0 saturated heterocycles. The minimum atomic E-state index is -0.549. The second kappa shape index (κ2) is 5.01. The van der Waals surface area contributed by atoms with Crippen LogP contribution >= 0.6 is 0 Å². The van der Waals surface area contributed by atoms with E-state index in [1.54, 1.807) is 0 Å². The number of hydrogen-bond donors (Lipinski definition) is 2. The van der Waals surface area contributed by atoms with Crippen LogP contribution < -0.4 is 11.1 Å². The molecule has 1 aromatic carbocycles. The van der Waals surface area contributed by atoms with Gasteiger partial charge in [0.05, 0.1) is 5.41 Å². The minimum Gasteiger partial charge on any atom is -0.441 e. The monoisotopic (exact) mass is 261 g/mol. The summed E-state index contributed by atoms with van der Waals surface area (Å²) >= 11 is 0. The lowest BCUT2D eigenvalue weighted by Gasteiger charge is -2.21. The van der Waals surface area contributed by atoms with Gasteiger partial charge in [-0.3, -0.25) is 4.79 Å². The number of nitrogens with zero attached hydrogens (tertiary/aromatic N) is 1. The highest BCUT2D eigenvalue weighted by molar-refractivity contribution is 5.82. The normalized spacial score (nSPS) is 11.8. The second-order valence-corrected chi connectivity index (χ2v) is 5.31. The molecule has 0 fully saturated rings. The fourth-order valence-corrected chi connectivity index (χ4v) is 1.71. The molecule has 1 heterocycles. The van der Waals surface area contributed by atoms with Crippen molar-refractivity contribution in [2.24, 2.45) is 11.1 Å². The van der Waals surface area contributed by atoms with Gasteiger partial charge in [-0.2, -0.15) is 0 Å². The fraction of sp³-hybridized carbons (Fsp3) is 0.429. The Hall–Kier alpha value is -1.88. The van der Waals surface area contributed by atoms with Crippen molar-refractivity contribution in [1.29, 1.82) is 0 Å². The van der Waals surface area contributed by atoms with Crippen LogP contribution in [-0.2, 0) is 11.3 Å². The number of aryl methyl sites for hydroxylation is 1. The van der Waals surface area contributed by atoms with E-state index in [1.165, 1.54) is 0 Å². The van der Waals surface area contributed by atoms with E-state index in [1.807, 2.05) is 39.0 Å². The lowest BCUT2D eigenvalue weighted by molar-refractivity contribution is -0.129. The molecular weight excluding hydrogens is 242 g/mol. The van der Waals surface area contributed by atoms with E-state index in [0.29, 0.717) is 19.0 Å². The Morgan fingerprint density at radius 3 is 2.89 bits per heavy atom. The van der Waals surface area contributed by atoms with E-state index in [0.717, 1.165) is 16.7 Å². The smallest absolute Gasteiger partial charge is 0.227 e. The summed E-state index contributed by atoms with van der Waals surface area (Å²) in [6.07, 6.45) is 0. The van der Waals surface area contributed by atoms with Gasteiger partial charge in [0.1, 0.15) is 5.52 Å². The van der Waals surface area contributed by atoms with Crippen molar-refractivity contribution in [1.82, 2.24) is 10.3 Å². The molecule has 3 N–H and O–H groups in total. The molecule has 0 bridgehead atoms. The number of oxazole rings is 1. The number of aromatic nitrogens is 1. The fourth-order valence-electron chi connectivity index (χ4n) is 1.71. The van der Waals surface area contributed by atoms with Crippen molar-refractivity contribution in [2.45, 2.75) is 27.3 Å². The standard InChI is InChI=1S/C14H19N3O2/c1-9-17-11-5-4-10(6-12(11)19-9)7-16-13(18)14(2,3)8-15/h4-6H,7-8,15H2,1-3H3,(H,16,18). The highest BCUT2D eigenvalue weighted by atomic mass is 16.3. The van der Waals surface area contributed by atoms with Crippen molar-refractivity contribution in [3.8, 4) is 0 Å². The molecule has 0 aliphatic carbocycles. The van der Waals surface area contributed by atoms with E-state index in [9.17, 15) is 4.79 Å². The first kappa shape index (κ1) is 13.5. The first-order valence-corrected chi connectivity index (χ1v) is 6.27. The van der Waals surface area contributed by atoms with Crippen molar-refractivity contribution in [3.63, 3.8) is 0 Å². The third-order valence-electron chi connectivity index (χ3n) is 3.14. The number of benzene rings is 1. The molecule has 0 aliphatic heterocycles. The van der Waals surface area contributed by atoms with Crippen LogP contribution in [0.2, 0.25) is 0 Å². The maximum atomic E-state index is 11.9. The van der Waals surface area contributed by atoms with E-state index >= 15 is 0 Å². The van der Waals surface area contributed by atoms with E-state index in [-0.39, 0.29) is 5.91 Å². The van der Waals surface area contributed by atoms with Crippen LogP contribution in [0.25, 0.3) is 11.1 Å². The Morgan fingerprint density at radius 1 is 1.47 bits per heavy atom. The van der Waals surface area contributed by atoms with Crippen LogP contribution in [0.1, 0.15) is 25.3 Å². The SMILES string of the molecule is Cc1nc2ccc(CNC(=O)C(C)(C)CN)cc2o1. The zero-order valence-corrected chi connectivity index (χ0v) is 11.5. The molecule has 5 heteroatoms. The molecule has 2 rings (SSSR count). The molecule has 2 aromatic rings. The molecule has 0 radical (unpaired) electrons. The number of carbonyl (C=O) groups is 1. The zero-order valence-electron chi connectivity index (χ0n) is 11.5. The number of rotatable bonds is 4. The summed E-state index contributed by atoms with van der Waals surface area (Å²) in [5.74, 6) is 0.587. The number of fused-ring (bicyclic) bond motifs is 1. The summed E-state index contributed by atoms with van der Waals surface area (Å²) in [7, 11) is 0. The molecule has 0 aliphatic rings. The summed E-state index contributed by atoms with van der Waals surface area (Å²) in [5.41, 5.74) is 7.56. The first-order chi connectivity index (χ1) is 8.92. The zero-order chi connectivity index (χ0) is 14.0. The Balaban J connectivity index is 2.07.